The first kappa shape index (κ1) is 20.1. The van der Waals surface area contributed by atoms with Gasteiger partial charge in [0.2, 0.25) is 5.62 Å². The van der Waals surface area contributed by atoms with Gasteiger partial charge in [-0.3, -0.25) is 0 Å². The Balaban J connectivity index is 1.98. The quantitative estimate of drug-likeness (QED) is 0.497. The van der Waals surface area contributed by atoms with Gasteiger partial charge in [-0.2, -0.15) is 8.42 Å². The second kappa shape index (κ2) is 7.57. The number of rotatable bonds is 4. The Morgan fingerprint density at radius 3 is 2.37 bits per heavy atom. The van der Waals surface area contributed by atoms with E-state index in [2.05, 4.69) is 4.40 Å². The number of benzene rings is 3. The standard InChI is InChI=1S/C23H22FN3O2S/c1-16-9-12-21-22(13-16)26(3)23(25-30(28,29)19-7-5-4-6-8-19)27(21)15-18-11-10-17(2)20(24)14-18/h4-14H,15H2,1-3H3. The summed E-state index contributed by atoms with van der Waals surface area (Å²) in [6.45, 7) is 3.98. The van der Waals surface area contributed by atoms with Crippen molar-refractivity contribution in [2.45, 2.75) is 25.3 Å². The topological polar surface area (TPSA) is 56.4 Å². The van der Waals surface area contributed by atoms with Crippen LogP contribution < -0.4 is 5.62 Å². The van der Waals surface area contributed by atoms with Crippen molar-refractivity contribution in [1.82, 2.24) is 9.13 Å². The minimum absolute atomic E-state index is 0.124. The summed E-state index contributed by atoms with van der Waals surface area (Å²) in [5.74, 6) is -0.292. The number of aryl methyl sites for hydroxylation is 3. The zero-order valence-electron chi connectivity index (χ0n) is 17.0. The Kier molecular flexibility index (Phi) is 5.07. The van der Waals surface area contributed by atoms with Gasteiger partial charge in [0.1, 0.15) is 5.82 Å². The predicted octanol–water partition coefficient (Wildman–Crippen LogP) is 4.07. The largest absolute Gasteiger partial charge is 0.312 e. The molecule has 0 aliphatic carbocycles. The molecule has 0 radical (unpaired) electrons. The van der Waals surface area contributed by atoms with Gasteiger partial charge < -0.3 is 9.13 Å². The Labute approximate surface area is 174 Å². The maximum absolute atomic E-state index is 14.1. The lowest BCUT2D eigenvalue weighted by atomic mass is 10.1. The van der Waals surface area contributed by atoms with Crippen molar-refractivity contribution >= 4 is 21.1 Å². The van der Waals surface area contributed by atoms with Crippen molar-refractivity contribution < 1.29 is 12.8 Å². The van der Waals surface area contributed by atoms with Crippen LogP contribution in [0.5, 0.6) is 0 Å². The molecule has 0 saturated carbocycles. The molecule has 154 valence electrons. The molecule has 0 bridgehead atoms. The average Bonchev–Trinajstić information content (AvgIpc) is 2.96. The number of hydrogen-bond donors (Lipinski definition) is 0. The first-order valence-electron chi connectivity index (χ1n) is 9.53. The van der Waals surface area contributed by atoms with E-state index in [9.17, 15) is 12.8 Å². The molecular weight excluding hydrogens is 401 g/mol. The lowest BCUT2D eigenvalue weighted by Crippen LogP contribution is -2.26. The highest BCUT2D eigenvalue weighted by Gasteiger charge is 2.16. The second-order valence-corrected chi connectivity index (χ2v) is 9.00. The molecular formula is C23H22FN3O2S. The molecule has 1 aromatic heterocycles. The summed E-state index contributed by atoms with van der Waals surface area (Å²) < 4.78 is 47.7. The molecule has 5 nitrogen and oxygen atoms in total. The molecule has 0 spiro atoms. The Morgan fingerprint density at radius 2 is 1.67 bits per heavy atom. The zero-order valence-corrected chi connectivity index (χ0v) is 17.8. The van der Waals surface area contributed by atoms with Crippen LogP contribution in [0, 0.1) is 19.7 Å². The molecule has 0 aliphatic rings. The molecule has 30 heavy (non-hydrogen) atoms. The fourth-order valence-electron chi connectivity index (χ4n) is 3.46. The molecule has 0 fully saturated rings. The summed E-state index contributed by atoms with van der Waals surface area (Å²) in [6, 6.07) is 19.0. The molecule has 0 N–H and O–H groups in total. The monoisotopic (exact) mass is 423 g/mol. The number of nitrogens with zero attached hydrogens (tertiary/aromatic N) is 3. The number of sulfonamides is 1. The van der Waals surface area contributed by atoms with Crippen LogP contribution in [0.25, 0.3) is 11.0 Å². The summed E-state index contributed by atoms with van der Waals surface area (Å²) in [5, 5.41) is 0. The smallest absolute Gasteiger partial charge is 0.285 e. The van der Waals surface area contributed by atoms with E-state index in [4.69, 9.17) is 0 Å². The van der Waals surface area contributed by atoms with Crippen LogP contribution in [0.1, 0.15) is 16.7 Å². The van der Waals surface area contributed by atoms with E-state index in [0.29, 0.717) is 12.1 Å². The van der Waals surface area contributed by atoms with Gasteiger partial charge in [0, 0.05) is 7.05 Å². The summed E-state index contributed by atoms with van der Waals surface area (Å²) in [7, 11) is -2.13. The first-order chi connectivity index (χ1) is 14.3. The fraction of sp³-hybridized carbons (Fsp3) is 0.174. The van der Waals surface area contributed by atoms with Gasteiger partial charge in [-0.25, -0.2) is 4.39 Å². The van der Waals surface area contributed by atoms with Crippen molar-refractivity contribution in [1.29, 1.82) is 0 Å². The van der Waals surface area contributed by atoms with E-state index in [-0.39, 0.29) is 16.3 Å². The Morgan fingerprint density at radius 1 is 0.933 bits per heavy atom. The molecule has 1 heterocycles. The third kappa shape index (κ3) is 3.68. The minimum Gasteiger partial charge on any atom is -0.312 e. The highest BCUT2D eigenvalue weighted by Crippen LogP contribution is 2.18. The van der Waals surface area contributed by atoms with Gasteiger partial charge >= 0.3 is 0 Å². The van der Waals surface area contributed by atoms with E-state index in [1.165, 1.54) is 18.2 Å². The minimum atomic E-state index is -3.91. The number of halogens is 1. The van der Waals surface area contributed by atoms with Crippen molar-refractivity contribution in [2.24, 2.45) is 11.4 Å². The van der Waals surface area contributed by atoms with Crippen LogP contribution in [0.4, 0.5) is 4.39 Å². The third-order valence-electron chi connectivity index (χ3n) is 5.14. The summed E-state index contributed by atoms with van der Waals surface area (Å²) >= 11 is 0. The van der Waals surface area contributed by atoms with Gasteiger partial charge in [0.05, 0.1) is 22.5 Å². The normalized spacial score (nSPS) is 12.6. The van der Waals surface area contributed by atoms with Gasteiger partial charge in [-0.05, 0) is 60.9 Å². The molecule has 7 heteroatoms. The van der Waals surface area contributed by atoms with Crippen molar-refractivity contribution in [3.8, 4) is 0 Å². The van der Waals surface area contributed by atoms with Crippen molar-refractivity contribution in [3.63, 3.8) is 0 Å². The number of fused-ring (bicyclic) bond motifs is 1. The molecule has 4 aromatic rings. The van der Waals surface area contributed by atoms with E-state index in [1.54, 1.807) is 47.4 Å². The van der Waals surface area contributed by atoms with Crippen LogP contribution in [0.15, 0.2) is 76.0 Å². The van der Waals surface area contributed by atoms with Crippen LogP contribution in [0.3, 0.4) is 0 Å². The van der Waals surface area contributed by atoms with E-state index < -0.39 is 10.0 Å². The Hall–Kier alpha value is -3.19. The highest BCUT2D eigenvalue weighted by molar-refractivity contribution is 7.90. The van der Waals surface area contributed by atoms with Crippen LogP contribution in [-0.4, -0.2) is 17.6 Å². The maximum Gasteiger partial charge on any atom is 0.285 e. The van der Waals surface area contributed by atoms with Crippen LogP contribution in [0.2, 0.25) is 0 Å². The molecule has 0 saturated heterocycles. The first-order valence-corrected chi connectivity index (χ1v) is 11.0. The molecule has 0 aliphatic heterocycles. The molecule has 3 aromatic carbocycles. The molecule has 0 atom stereocenters. The highest BCUT2D eigenvalue weighted by atomic mass is 32.2. The SMILES string of the molecule is Cc1ccc2c(c1)n(C)c(=NS(=O)(=O)c1ccccc1)n2Cc1ccc(C)c(F)c1. The van der Waals surface area contributed by atoms with Gasteiger partial charge in [-0.15, -0.1) is 4.40 Å². The van der Waals surface area contributed by atoms with Gasteiger partial charge in [-0.1, -0.05) is 36.4 Å². The van der Waals surface area contributed by atoms with Crippen LogP contribution >= 0.6 is 0 Å². The second-order valence-electron chi connectivity index (χ2n) is 7.40. The molecule has 4 rings (SSSR count). The zero-order chi connectivity index (χ0) is 21.5. The average molecular weight is 424 g/mol. The third-order valence-corrected chi connectivity index (χ3v) is 6.42. The molecule has 0 amide bonds. The van der Waals surface area contributed by atoms with Gasteiger partial charge in [0.25, 0.3) is 10.0 Å². The molecule has 0 unspecified atom stereocenters. The van der Waals surface area contributed by atoms with Gasteiger partial charge in [0.15, 0.2) is 0 Å². The lowest BCUT2D eigenvalue weighted by Gasteiger charge is -2.07. The van der Waals surface area contributed by atoms with Crippen LogP contribution in [-0.2, 0) is 23.6 Å². The lowest BCUT2D eigenvalue weighted by molar-refractivity contribution is 0.592. The number of aromatic nitrogens is 2. The maximum atomic E-state index is 14.1. The fourth-order valence-corrected chi connectivity index (χ4v) is 4.51. The van der Waals surface area contributed by atoms with E-state index >= 15 is 0 Å². The number of hydrogen-bond acceptors (Lipinski definition) is 2. The van der Waals surface area contributed by atoms with E-state index in [0.717, 1.165) is 22.2 Å². The summed E-state index contributed by atoms with van der Waals surface area (Å²) in [5.41, 5.74) is 4.30. The van der Waals surface area contributed by atoms with Crippen molar-refractivity contribution in [3.05, 3.63) is 94.9 Å². The van der Waals surface area contributed by atoms with E-state index in [1.807, 2.05) is 31.2 Å². The number of imidazole rings is 1. The predicted molar refractivity (Wildman–Crippen MR) is 115 cm³/mol. The summed E-state index contributed by atoms with van der Waals surface area (Å²) in [4.78, 5) is 0.124. The summed E-state index contributed by atoms with van der Waals surface area (Å²) in [6.07, 6.45) is 0. The van der Waals surface area contributed by atoms with Crippen molar-refractivity contribution in [2.75, 3.05) is 0 Å². The Bertz CT molecular complexity index is 1420.